The standard InChI is InChI=1S/C15H11BrClFN2/c1-9-6-14-12(7-11(9)18)19-15(8-17)20(14)13-5-3-2-4-10(13)16/h2-7H,8H2,1H3. The van der Waals surface area contributed by atoms with Crippen molar-refractivity contribution >= 4 is 38.6 Å². The highest BCUT2D eigenvalue weighted by Gasteiger charge is 2.15. The first-order chi connectivity index (χ1) is 9.61. The van der Waals surface area contributed by atoms with Crippen molar-refractivity contribution < 1.29 is 4.39 Å². The summed E-state index contributed by atoms with van der Waals surface area (Å²) in [5.74, 6) is 0.699. The SMILES string of the molecule is Cc1cc2c(cc1F)nc(CCl)n2-c1ccccc1Br. The van der Waals surface area contributed by atoms with Crippen molar-refractivity contribution in [2.24, 2.45) is 0 Å². The largest absolute Gasteiger partial charge is 0.294 e. The van der Waals surface area contributed by atoms with E-state index < -0.39 is 0 Å². The predicted octanol–water partition coefficient (Wildman–Crippen LogP) is 4.97. The Kier molecular flexibility index (Phi) is 3.52. The Morgan fingerprint density at radius 1 is 1.30 bits per heavy atom. The lowest BCUT2D eigenvalue weighted by Crippen LogP contribution is -2.00. The topological polar surface area (TPSA) is 17.8 Å². The normalized spacial score (nSPS) is 11.2. The van der Waals surface area contributed by atoms with Gasteiger partial charge in [0.15, 0.2) is 0 Å². The molecule has 2 aromatic carbocycles. The first kappa shape index (κ1) is 13.6. The molecular weight excluding hydrogens is 343 g/mol. The van der Waals surface area contributed by atoms with Gasteiger partial charge in [0, 0.05) is 10.5 Å². The summed E-state index contributed by atoms with van der Waals surface area (Å²) in [5.41, 5.74) is 2.99. The third-order valence-corrected chi connectivity index (χ3v) is 4.13. The van der Waals surface area contributed by atoms with E-state index in [9.17, 15) is 4.39 Å². The van der Waals surface area contributed by atoms with Crippen LogP contribution in [0.3, 0.4) is 0 Å². The van der Waals surface area contributed by atoms with Crippen LogP contribution in [0.15, 0.2) is 40.9 Å². The van der Waals surface area contributed by atoms with Gasteiger partial charge in [-0.2, -0.15) is 0 Å². The fourth-order valence-corrected chi connectivity index (χ4v) is 2.89. The molecule has 0 bridgehead atoms. The fourth-order valence-electron chi connectivity index (χ4n) is 2.24. The highest BCUT2D eigenvalue weighted by molar-refractivity contribution is 9.10. The molecule has 0 radical (unpaired) electrons. The number of para-hydroxylation sites is 1. The van der Waals surface area contributed by atoms with E-state index in [2.05, 4.69) is 20.9 Å². The molecule has 3 rings (SSSR count). The van der Waals surface area contributed by atoms with Crippen molar-refractivity contribution in [1.82, 2.24) is 9.55 Å². The Bertz CT molecular complexity index is 798. The molecule has 0 N–H and O–H groups in total. The number of hydrogen-bond acceptors (Lipinski definition) is 1. The van der Waals surface area contributed by atoms with E-state index in [1.165, 1.54) is 6.07 Å². The van der Waals surface area contributed by atoms with Gasteiger partial charge < -0.3 is 0 Å². The third kappa shape index (κ3) is 2.13. The number of fused-ring (bicyclic) bond motifs is 1. The molecule has 20 heavy (non-hydrogen) atoms. The highest BCUT2D eigenvalue weighted by atomic mass is 79.9. The summed E-state index contributed by atoms with van der Waals surface area (Å²) in [6.45, 7) is 1.74. The van der Waals surface area contributed by atoms with Crippen molar-refractivity contribution in [3.05, 3.63) is 58.1 Å². The molecule has 1 heterocycles. The number of imidazole rings is 1. The first-order valence-corrected chi connectivity index (χ1v) is 7.43. The van der Waals surface area contributed by atoms with Gasteiger partial charge in [-0.1, -0.05) is 12.1 Å². The Morgan fingerprint density at radius 2 is 2.05 bits per heavy atom. The first-order valence-electron chi connectivity index (χ1n) is 6.10. The summed E-state index contributed by atoms with van der Waals surface area (Å²) in [6, 6.07) is 11.1. The second kappa shape index (κ2) is 5.19. The van der Waals surface area contributed by atoms with Gasteiger partial charge in [-0.15, -0.1) is 11.6 Å². The molecule has 0 aliphatic heterocycles. The number of aryl methyl sites for hydroxylation is 1. The van der Waals surface area contributed by atoms with Crippen LogP contribution in [0.25, 0.3) is 16.7 Å². The van der Waals surface area contributed by atoms with E-state index in [4.69, 9.17) is 11.6 Å². The summed E-state index contributed by atoms with van der Waals surface area (Å²) >= 11 is 9.53. The molecular formula is C15H11BrClFN2. The minimum atomic E-state index is -0.254. The smallest absolute Gasteiger partial charge is 0.129 e. The quantitative estimate of drug-likeness (QED) is 0.594. The molecule has 5 heteroatoms. The van der Waals surface area contributed by atoms with E-state index in [1.54, 1.807) is 13.0 Å². The predicted molar refractivity (Wildman–Crippen MR) is 83.0 cm³/mol. The number of nitrogens with zero attached hydrogens (tertiary/aromatic N) is 2. The van der Waals surface area contributed by atoms with Crippen molar-refractivity contribution in [2.45, 2.75) is 12.8 Å². The number of rotatable bonds is 2. The zero-order chi connectivity index (χ0) is 14.3. The Morgan fingerprint density at radius 3 is 2.75 bits per heavy atom. The summed E-state index contributed by atoms with van der Waals surface area (Å²) in [7, 11) is 0. The Balaban J connectivity index is 2.39. The van der Waals surface area contributed by atoms with Gasteiger partial charge in [0.1, 0.15) is 11.6 Å². The van der Waals surface area contributed by atoms with Crippen LogP contribution in [0.1, 0.15) is 11.4 Å². The van der Waals surface area contributed by atoms with E-state index in [0.717, 1.165) is 15.7 Å². The number of halogens is 3. The molecule has 0 unspecified atom stereocenters. The maximum Gasteiger partial charge on any atom is 0.129 e. The van der Waals surface area contributed by atoms with Gasteiger partial charge in [0.2, 0.25) is 0 Å². The van der Waals surface area contributed by atoms with Crippen LogP contribution in [0.4, 0.5) is 4.39 Å². The number of aromatic nitrogens is 2. The second-order valence-corrected chi connectivity index (χ2v) is 5.66. The van der Waals surface area contributed by atoms with E-state index in [0.29, 0.717) is 16.9 Å². The molecule has 102 valence electrons. The molecule has 0 aliphatic carbocycles. The zero-order valence-corrected chi connectivity index (χ0v) is 13.0. The molecule has 0 aliphatic rings. The molecule has 0 fully saturated rings. The number of alkyl halides is 1. The summed E-state index contributed by atoms with van der Waals surface area (Å²) in [6.07, 6.45) is 0. The number of hydrogen-bond donors (Lipinski definition) is 0. The monoisotopic (exact) mass is 352 g/mol. The van der Waals surface area contributed by atoms with Crippen LogP contribution in [0.5, 0.6) is 0 Å². The minimum absolute atomic E-state index is 0.254. The molecule has 0 spiro atoms. The van der Waals surface area contributed by atoms with Crippen LogP contribution in [0, 0.1) is 12.7 Å². The molecule has 1 aromatic heterocycles. The van der Waals surface area contributed by atoms with Crippen LogP contribution in [-0.4, -0.2) is 9.55 Å². The lowest BCUT2D eigenvalue weighted by atomic mass is 10.2. The molecule has 2 nitrogen and oxygen atoms in total. The van der Waals surface area contributed by atoms with Gasteiger partial charge in [-0.25, -0.2) is 9.37 Å². The van der Waals surface area contributed by atoms with Crippen LogP contribution in [0.2, 0.25) is 0 Å². The van der Waals surface area contributed by atoms with Crippen molar-refractivity contribution in [3.63, 3.8) is 0 Å². The Labute approximate surface area is 129 Å². The highest BCUT2D eigenvalue weighted by Crippen LogP contribution is 2.29. The van der Waals surface area contributed by atoms with Crippen LogP contribution in [-0.2, 0) is 5.88 Å². The molecule has 0 amide bonds. The molecule has 0 atom stereocenters. The van der Waals surface area contributed by atoms with E-state index in [-0.39, 0.29) is 11.7 Å². The van der Waals surface area contributed by atoms with Crippen molar-refractivity contribution in [1.29, 1.82) is 0 Å². The molecule has 0 saturated heterocycles. The average Bonchev–Trinajstić information content (AvgIpc) is 2.77. The lowest BCUT2D eigenvalue weighted by Gasteiger charge is -2.10. The summed E-state index contributed by atoms with van der Waals surface area (Å²) in [5, 5.41) is 0. The van der Waals surface area contributed by atoms with Gasteiger partial charge in [0.05, 0.1) is 22.6 Å². The summed E-state index contributed by atoms with van der Waals surface area (Å²) in [4.78, 5) is 4.42. The minimum Gasteiger partial charge on any atom is -0.294 e. The van der Waals surface area contributed by atoms with Crippen molar-refractivity contribution in [2.75, 3.05) is 0 Å². The van der Waals surface area contributed by atoms with Gasteiger partial charge in [0.25, 0.3) is 0 Å². The third-order valence-electron chi connectivity index (χ3n) is 3.22. The van der Waals surface area contributed by atoms with Crippen LogP contribution >= 0.6 is 27.5 Å². The molecule has 0 saturated carbocycles. The van der Waals surface area contributed by atoms with E-state index in [1.807, 2.05) is 28.8 Å². The van der Waals surface area contributed by atoms with E-state index >= 15 is 0 Å². The second-order valence-electron chi connectivity index (χ2n) is 4.54. The van der Waals surface area contributed by atoms with Gasteiger partial charge in [-0.3, -0.25) is 4.57 Å². The maximum atomic E-state index is 13.7. The van der Waals surface area contributed by atoms with Crippen LogP contribution < -0.4 is 0 Å². The average molecular weight is 354 g/mol. The van der Waals surface area contributed by atoms with Crippen molar-refractivity contribution in [3.8, 4) is 5.69 Å². The maximum absolute atomic E-state index is 13.7. The van der Waals surface area contributed by atoms with Gasteiger partial charge >= 0.3 is 0 Å². The summed E-state index contributed by atoms with van der Waals surface area (Å²) < 4.78 is 16.6. The zero-order valence-electron chi connectivity index (χ0n) is 10.7. The lowest BCUT2D eigenvalue weighted by molar-refractivity contribution is 0.620. The molecule has 3 aromatic rings. The Hall–Kier alpha value is -1.39. The fraction of sp³-hybridized carbons (Fsp3) is 0.133. The van der Waals surface area contributed by atoms with Gasteiger partial charge in [-0.05, 0) is 46.6 Å². The number of benzene rings is 2.